The third kappa shape index (κ3) is 7.44. The predicted octanol–water partition coefficient (Wildman–Crippen LogP) is 3.48. The Labute approximate surface area is 268 Å². The van der Waals surface area contributed by atoms with Crippen LogP contribution in [0.1, 0.15) is 36.6 Å². The number of carbonyl (C=O) groups is 2. The number of hydrogen-bond acceptors (Lipinski definition) is 7. The number of primary amides is 1. The molecule has 4 N–H and O–H groups in total. The van der Waals surface area contributed by atoms with E-state index in [1.54, 1.807) is 0 Å². The molecule has 236 valence electrons. The van der Waals surface area contributed by atoms with Crippen molar-refractivity contribution in [2.45, 2.75) is 51.9 Å². The van der Waals surface area contributed by atoms with E-state index >= 15 is 0 Å². The summed E-state index contributed by atoms with van der Waals surface area (Å²) in [6.07, 6.45) is 2.17. The van der Waals surface area contributed by atoms with E-state index in [4.69, 9.17) is 43.9 Å². The Morgan fingerprint density at radius 2 is 1.89 bits per heavy atom. The average Bonchev–Trinajstić information content (AvgIpc) is 3.38. The van der Waals surface area contributed by atoms with E-state index in [1.807, 2.05) is 36.4 Å². The van der Waals surface area contributed by atoms with Crippen LogP contribution < -0.4 is 11.1 Å². The van der Waals surface area contributed by atoms with Crippen LogP contribution >= 0.6 is 23.2 Å². The lowest BCUT2D eigenvalue weighted by Gasteiger charge is -2.33. The van der Waals surface area contributed by atoms with E-state index in [0.717, 1.165) is 78.5 Å². The third-order valence-corrected chi connectivity index (χ3v) is 9.07. The summed E-state index contributed by atoms with van der Waals surface area (Å²) in [5, 5.41) is 18.7. The highest BCUT2D eigenvalue weighted by atomic mass is 35.5. The number of nitrogens with two attached hydrogens (primary N) is 1. The van der Waals surface area contributed by atoms with Gasteiger partial charge in [-0.2, -0.15) is 5.10 Å². The number of aliphatic hydroxyl groups excluding tert-OH is 1. The monoisotopic (exact) mass is 642 g/mol. The Morgan fingerprint density at radius 1 is 1.09 bits per heavy atom. The number of nitrogens with zero attached hydrogens (tertiary/aromatic N) is 4. The number of carbonyl (C=O) groups excluding carboxylic acids is 2. The number of ether oxygens (including phenoxy) is 1. The van der Waals surface area contributed by atoms with Gasteiger partial charge in [-0.25, -0.2) is 0 Å². The Hall–Kier alpha value is -2.99. The molecule has 1 saturated heterocycles. The first-order valence-corrected chi connectivity index (χ1v) is 15.9. The van der Waals surface area contributed by atoms with Crippen LogP contribution in [0.4, 0.5) is 0 Å². The molecule has 0 radical (unpaired) electrons. The molecule has 2 aliphatic heterocycles. The van der Waals surface area contributed by atoms with Gasteiger partial charge in [0.2, 0.25) is 0 Å². The molecule has 1 fully saturated rings. The highest BCUT2D eigenvalue weighted by Gasteiger charge is 2.30. The lowest BCUT2D eigenvalue weighted by atomic mass is 9.96. The van der Waals surface area contributed by atoms with Crippen LogP contribution in [0.2, 0.25) is 10.0 Å². The number of aliphatic hydroxyl groups is 1. The van der Waals surface area contributed by atoms with Crippen LogP contribution in [0.5, 0.6) is 0 Å². The third-order valence-electron chi connectivity index (χ3n) is 8.38. The maximum absolute atomic E-state index is 12.6. The number of amides is 2. The van der Waals surface area contributed by atoms with Gasteiger partial charge in [0.1, 0.15) is 0 Å². The normalized spacial score (nSPS) is 17.1. The summed E-state index contributed by atoms with van der Waals surface area (Å²) >= 11 is 13.2. The first-order chi connectivity index (χ1) is 21.3. The molecule has 2 amide bonds. The summed E-state index contributed by atoms with van der Waals surface area (Å²) < 4.78 is 7.65. The molecule has 0 aliphatic carbocycles. The summed E-state index contributed by atoms with van der Waals surface area (Å²) in [6.45, 7) is 8.34. The number of fused-ring (bicyclic) bond motifs is 1. The fraction of sp³-hybridized carbons (Fsp3) is 0.469. The smallest absolute Gasteiger partial charge is 0.311 e. The van der Waals surface area contributed by atoms with E-state index in [9.17, 15) is 9.59 Å². The minimum Gasteiger partial charge on any atom is -0.396 e. The van der Waals surface area contributed by atoms with Crippen LogP contribution in [0.15, 0.2) is 36.4 Å². The highest BCUT2D eigenvalue weighted by molar-refractivity contribution is 6.34. The fourth-order valence-corrected chi connectivity index (χ4v) is 6.36. The van der Waals surface area contributed by atoms with Crippen molar-refractivity contribution in [1.29, 1.82) is 0 Å². The number of morpholine rings is 1. The topological polar surface area (TPSA) is 126 Å². The maximum atomic E-state index is 12.6. The maximum Gasteiger partial charge on any atom is 0.311 e. The summed E-state index contributed by atoms with van der Waals surface area (Å²) in [4.78, 5) is 28.2. The molecule has 0 spiro atoms. The van der Waals surface area contributed by atoms with Gasteiger partial charge in [-0.3, -0.25) is 19.2 Å². The van der Waals surface area contributed by atoms with Gasteiger partial charge in [-0.05, 0) is 61.7 Å². The van der Waals surface area contributed by atoms with Gasteiger partial charge in [-0.15, -0.1) is 0 Å². The van der Waals surface area contributed by atoms with Crippen LogP contribution in [-0.4, -0.2) is 88.5 Å². The second kappa shape index (κ2) is 14.9. The number of rotatable bonds is 11. The zero-order chi connectivity index (χ0) is 31.2. The zero-order valence-electron chi connectivity index (χ0n) is 25.0. The van der Waals surface area contributed by atoms with E-state index in [1.165, 1.54) is 4.90 Å². The zero-order valence-corrected chi connectivity index (χ0v) is 26.5. The number of benzene rings is 2. The van der Waals surface area contributed by atoms with Crippen molar-refractivity contribution in [3.8, 4) is 22.4 Å². The van der Waals surface area contributed by atoms with Crippen molar-refractivity contribution >= 4 is 35.0 Å². The largest absolute Gasteiger partial charge is 0.396 e. The molecular weight excluding hydrogens is 603 g/mol. The first kappa shape index (κ1) is 32.4. The number of hydrogen-bond donors (Lipinski definition) is 3. The molecule has 1 aromatic heterocycles. The molecule has 1 atom stereocenters. The minimum absolute atomic E-state index is 0.129. The molecule has 2 aliphatic rings. The Morgan fingerprint density at radius 3 is 2.66 bits per heavy atom. The van der Waals surface area contributed by atoms with E-state index in [-0.39, 0.29) is 13.2 Å². The molecule has 12 heteroatoms. The Balaban J connectivity index is 1.45. The van der Waals surface area contributed by atoms with Gasteiger partial charge in [0.05, 0.1) is 25.5 Å². The summed E-state index contributed by atoms with van der Waals surface area (Å²) in [7, 11) is 0. The molecule has 0 saturated carbocycles. The van der Waals surface area contributed by atoms with Crippen LogP contribution in [0.25, 0.3) is 22.4 Å². The lowest BCUT2D eigenvalue weighted by molar-refractivity contribution is -0.144. The van der Waals surface area contributed by atoms with Crippen molar-refractivity contribution in [1.82, 2.24) is 24.9 Å². The Bertz CT molecular complexity index is 1500. The van der Waals surface area contributed by atoms with Crippen molar-refractivity contribution in [2.24, 2.45) is 5.73 Å². The van der Waals surface area contributed by atoms with Gasteiger partial charge in [0, 0.05) is 84.2 Å². The van der Waals surface area contributed by atoms with Gasteiger partial charge in [0.25, 0.3) is 0 Å². The van der Waals surface area contributed by atoms with Crippen molar-refractivity contribution < 1.29 is 19.4 Å². The van der Waals surface area contributed by atoms with Crippen molar-refractivity contribution in [3.05, 3.63) is 63.3 Å². The first-order valence-electron chi connectivity index (χ1n) is 15.2. The van der Waals surface area contributed by atoms with Crippen molar-refractivity contribution in [3.63, 3.8) is 0 Å². The molecule has 2 aromatic carbocycles. The molecule has 10 nitrogen and oxygen atoms in total. The molecule has 5 rings (SSSR count). The van der Waals surface area contributed by atoms with E-state index < -0.39 is 11.8 Å². The van der Waals surface area contributed by atoms with Gasteiger partial charge in [-0.1, -0.05) is 35.3 Å². The second-order valence-corrected chi connectivity index (χ2v) is 12.2. The van der Waals surface area contributed by atoms with E-state index in [0.29, 0.717) is 48.6 Å². The Kier molecular flexibility index (Phi) is 10.9. The summed E-state index contributed by atoms with van der Waals surface area (Å²) in [5.41, 5.74) is 11.7. The standard InChI is InChI=1S/C32H40Cl2N6O4/c1-21-20-44-15-13-38(21)10-3-11-40-29-8-12-39(32(43)31(35)42)19-26(29)30(37-40)23-5-7-28(34)25(17-23)22-4-6-27(33)24(16-22)18-36-9-2-14-41/h4-7,16-17,21,36,41H,2-3,8-15,18-20H2,1H3,(H2,35,42)/t21-/m0/s1. The molecule has 0 bridgehead atoms. The van der Waals surface area contributed by atoms with Crippen LogP contribution in [0.3, 0.4) is 0 Å². The fourth-order valence-electron chi connectivity index (χ4n) is 5.95. The number of halogens is 2. The summed E-state index contributed by atoms with van der Waals surface area (Å²) in [6, 6.07) is 12.0. The number of aromatic nitrogens is 2. The minimum atomic E-state index is -0.958. The second-order valence-electron chi connectivity index (χ2n) is 11.4. The molecular formula is C32H40Cl2N6O4. The van der Waals surface area contributed by atoms with Crippen LogP contribution in [-0.2, 0) is 40.4 Å². The predicted molar refractivity (Wildman–Crippen MR) is 171 cm³/mol. The SMILES string of the molecule is C[C@H]1COCCN1CCCn1nc(-c2ccc(Cl)c(-c3ccc(Cl)c(CNCCCO)c3)c2)c2c1CCN(C(=O)C(N)=O)C2. The summed E-state index contributed by atoms with van der Waals surface area (Å²) in [5.74, 6) is -1.64. The number of nitrogens with one attached hydrogen (secondary N) is 1. The van der Waals surface area contributed by atoms with Gasteiger partial charge in [0.15, 0.2) is 0 Å². The van der Waals surface area contributed by atoms with Gasteiger partial charge >= 0.3 is 11.8 Å². The van der Waals surface area contributed by atoms with Gasteiger partial charge < -0.3 is 25.8 Å². The highest BCUT2D eigenvalue weighted by Crippen LogP contribution is 2.37. The van der Waals surface area contributed by atoms with Crippen LogP contribution in [0, 0.1) is 0 Å². The quantitative estimate of drug-likeness (QED) is 0.216. The number of aryl methyl sites for hydroxylation is 1. The molecule has 44 heavy (non-hydrogen) atoms. The lowest BCUT2D eigenvalue weighted by Crippen LogP contribution is -2.44. The molecule has 3 heterocycles. The van der Waals surface area contributed by atoms with E-state index in [2.05, 4.69) is 21.8 Å². The van der Waals surface area contributed by atoms with Crippen molar-refractivity contribution in [2.75, 3.05) is 46.0 Å². The average molecular weight is 644 g/mol. The molecule has 3 aromatic rings. The molecule has 0 unspecified atom stereocenters.